The largest absolute Gasteiger partial charge is 0.296 e. The lowest BCUT2D eigenvalue weighted by molar-refractivity contribution is 0.494. The Morgan fingerprint density at radius 1 is 1.15 bits per heavy atom. The summed E-state index contributed by atoms with van der Waals surface area (Å²) in [5, 5.41) is 0.554. The molecule has 27 heavy (non-hydrogen) atoms. The van der Waals surface area contributed by atoms with Crippen LogP contribution in [0.5, 0.6) is 0 Å². The van der Waals surface area contributed by atoms with Gasteiger partial charge in [-0.15, -0.1) is 3.71 Å². The minimum atomic E-state index is -3.66. The number of hydrogen-bond donors (Lipinski definition) is 0. The third-order valence-electron chi connectivity index (χ3n) is 3.70. The summed E-state index contributed by atoms with van der Waals surface area (Å²) in [5.41, 5.74) is 2.40. The van der Waals surface area contributed by atoms with Crippen LogP contribution in [-0.2, 0) is 10.0 Å². The molecule has 0 heterocycles. The lowest BCUT2D eigenvalue weighted by Gasteiger charge is -2.27. The number of rotatable bonds is 7. The molecule has 0 amide bonds. The van der Waals surface area contributed by atoms with Crippen LogP contribution in [0.2, 0.25) is 5.02 Å². The van der Waals surface area contributed by atoms with Gasteiger partial charge in [0.2, 0.25) is 0 Å². The average Bonchev–Trinajstić information content (AvgIpc) is 2.58. The fraction of sp³-hybridized carbons (Fsp3) is 0.316. The highest BCUT2D eigenvalue weighted by atomic mass is 35.5. The number of nitrogens with zero attached hydrogens (tertiary/aromatic N) is 3. The van der Waals surface area contributed by atoms with Crippen LogP contribution in [-0.4, -0.2) is 35.9 Å². The molecule has 0 saturated heterocycles. The third kappa shape index (κ3) is 5.48. The Hall–Kier alpha value is -1.54. The Bertz CT molecular complexity index is 930. The van der Waals surface area contributed by atoms with Crippen LogP contribution in [0.4, 0.5) is 5.69 Å². The van der Waals surface area contributed by atoms with E-state index in [0.29, 0.717) is 21.2 Å². The van der Waals surface area contributed by atoms with Gasteiger partial charge in [-0.2, -0.15) is 0 Å². The maximum absolute atomic E-state index is 13.1. The summed E-state index contributed by atoms with van der Waals surface area (Å²) in [6, 6.07) is 12.3. The van der Waals surface area contributed by atoms with Crippen LogP contribution in [0.25, 0.3) is 0 Å². The van der Waals surface area contributed by atoms with E-state index in [0.717, 1.165) is 17.7 Å². The highest BCUT2D eigenvalue weighted by Crippen LogP contribution is 2.30. The molecule has 0 fully saturated rings. The molecular weight excluding hydrogens is 402 g/mol. The van der Waals surface area contributed by atoms with Crippen LogP contribution in [0.15, 0.2) is 52.4 Å². The van der Waals surface area contributed by atoms with Gasteiger partial charge in [-0.05, 0) is 57.0 Å². The summed E-state index contributed by atoms with van der Waals surface area (Å²) < 4.78 is 29.2. The second kappa shape index (κ2) is 9.10. The molecule has 0 aliphatic carbocycles. The minimum absolute atomic E-state index is 0.238. The first kappa shape index (κ1) is 21.8. The van der Waals surface area contributed by atoms with Gasteiger partial charge in [0.05, 0.1) is 27.7 Å². The molecule has 0 saturated carbocycles. The molecule has 0 bridgehead atoms. The Morgan fingerprint density at radius 3 is 2.41 bits per heavy atom. The van der Waals surface area contributed by atoms with Gasteiger partial charge in [0, 0.05) is 13.1 Å². The van der Waals surface area contributed by atoms with E-state index in [1.165, 1.54) is 3.71 Å². The molecule has 0 atom stereocenters. The maximum atomic E-state index is 13.1. The number of hydrogen-bond acceptors (Lipinski definition) is 4. The second-order valence-corrected chi connectivity index (χ2v) is 10.0. The molecule has 2 aromatic rings. The van der Waals surface area contributed by atoms with Crippen molar-refractivity contribution < 1.29 is 8.42 Å². The Morgan fingerprint density at radius 2 is 1.81 bits per heavy atom. The molecule has 8 heteroatoms. The minimum Gasteiger partial charge on any atom is -0.296 e. The van der Waals surface area contributed by atoms with Crippen molar-refractivity contribution in [1.29, 1.82) is 0 Å². The van der Waals surface area contributed by atoms with Gasteiger partial charge in [0.1, 0.15) is 6.34 Å². The van der Waals surface area contributed by atoms with Crippen LogP contribution < -0.4 is 0 Å². The van der Waals surface area contributed by atoms with Crippen molar-refractivity contribution >= 4 is 45.8 Å². The number of benzene rings is 2. The van der Waals surface area contributed by atoms with Crippen LogP contribution >= 0.6 is 23.7 Å². The van der Waals surface area contributed by atoms with Crippen molar-refractivity contribution in [1.82, 2.24) is 8.02 Å². The monoisotopic (exact) mass is 425 g/mol. The van der Waals surface area contributed by atoms with E-state index in [1.54, 1.807) is 42.8 Å². The van der Waals surface area contributed by atoms with Gasteiger partial charge in [-0.25, -0.2) is 13.4 Å². The molecule has 0 aliphatic heterocycles. The van der Waals surface area contributed by atoms with Gasteiger partial charge in [-0.3, -0.25) is 4.31 Å². The second-order valence-electron chi connectivity index (χ2n) is 6.45. The van der Waals surface area contributed by atoms with Gasteiger partial charge in [-0.1, -0.05) is 35.9 Å². The average molecular weight is 426 g/mol. The van der Waals surface area contributed by atoms with Crippen molar-refractivity contribution in [2.45, 2.75) is 38.6 Å². The Kier molecular flexibility index (Phi) is 7.33. The van der Waals surface area contributed by atoms with Crippen LogP contribution in [0.1, 0.15) is 25.0 Å². The fourth-order valence-electron chi connectivity index (χ4n) is 2.37. The van der Waals surface area contributed by atoms with Crippen molar-refractivity contribution in [2.24, 2.45) is 4.99 Å². The lowest BCUT2D eigenvalue weighted by Crippen LogP contribution is -2.34. The molecular formula is C19H24ClN3O2S2. The molecule has 0 aromatic heterocycles. The van der Waals surface area contributed by atoms with E-state index in [1.807, 2.05) is 45.0 Å². The smallest absolute Gasteiger partial charge is 0.254 e. The summed E-state index contributed by atoms with van der Waals surface area (Å²) in [5.74, 6) is 0. The number of aliphatic imine (C=N–C) groups is 1. The fourth-order valence-corrected chi connectivity index (χ4v) is 5.56. The number of sulfonamides is 1. The summed E-state index contributed by atoms with van der Waals surface area (Å²) in [6.45, 7) is 7.42. The van der Waals surface area contributed by atoms with Crippen molar-refractivity contribution in [3.63, 3.8) is 0 Å². The summed E-state index contributed by atoms with van der Waals surface area (Å²) in [7, 11) is -1.91. The lowest BCUT2D eigenvalue weighted by atomic mass is 10.2. The molecule has 0 N–H and O–H groups in total. The van der Waals surface area contributed by atoms with Crippen molar-refractivity contribution in [2.75, 3.05) is 7.05 Å². The van der Waals surface area contributed by atoms with Crippen molar-refractivity contribution in [3.8, 4) is 0 Å². The normalized spacial score (nSPS) is 12.3. The van der Waals surface area contributed by atoms with E-state index in [2.05, 4.69) is 4.99 Å². The molecule has 0 radical (unpaired) electrons. The molecule has 5 nitrogen and oxygen atoms in total. The highest BCUT2D eigenvalue weighted by molar-refractivity contribution is 8.07. The highest BCUT2D eigenvalue weighted by Gasteiger charge is 2.30. The summed E-state index contributed by atoms with van der Waals surface area (Å²) in [6.07, 6.45) is 1.56. The summed E-state index contributed by atoms with van der Waals surface area (Å²) >= 11 is 7.27. The predicted octanol–water partition coefficient (Wildman–Crippen LogP) is 5.21. The van der Waals surface area contributed by atoms with E-state index in [4.69, 9.17) is 11.6 Å². The van der Waals surface area contributed by atoms with E-state index >= 15 is 0 Å². The molecule has 0 unspecified atom stereocenters. The Labute approximate surface area is 171 Å². The third-order valence-corrected chi connectivity index (χ3v) is 7.64. The van der Waals surface area contributed by atoms with E-state index in [-0.39, 0.29) is 6.04 Å². The molecule has 2 rings (SSSR count). The standard InChI is InChI=1S/C19H24ClN3O2S2/c1-14(2)23(27(24,25)19-9-7-6-8-16(19)4)26-22(5)13-21-18-11-10-15(3)12-17(18)20/h6-14H,1-5H3. The van der Waals surface area contributed by atoms with Gasteiger partial charge < -0.3 is 0 Å². The number of halogens is 1. The first-order chi connectivity index (χ1) is 12.6. The zero-order chi connectivity index (χ0) is 20.2. The summed E-state index contributed by atoms with van der Waals surface area (Å²) in [4.78, 5) is 4.66. The predicted molar refractivity (Wildman–Crippen MR) is 115 cm³/mol. The molecule has 2 aromatic carbocycles. The van der Waals surface area contributed by atoms with E-state index in [9.17, 15) is 8.42 Å². The molecule has 0 spiro atoms. The first-order valence-electron chi connectivity index (χ1n) is 8.44. The van der Waals surface area contributed by atoms with Gasteiger partial charge >= 0.3 is 0 Å². The molecule has 0 aliphatic rings. The van der Waals surface area contributed by atoms with Gasteiger partial charge in [0.15, 0.2) is 0 Å². The van der Waals surface area contributed by atoms with E-state index < -0.39 is 10.0 Å². The topological polar surface area (TPSA) is 53.0 Å². The zero-order valence-corrected chi connectivity index (χ0v) is 18.4. The quantitative estimate of drug-likeness (QED) is 0.347. The Balaban J connectivity index is 2.23. The maximum Gasteiger partial charge on any atom is 0.254 e. The molecule has 146 valence electrons. The van der Waals surface area contributed by atoms with Crippen LogP contribution in [0, 0.1) is 13.8 Å². The SMILES string of the molecule is Cc1ccc(N=CN(C)SN(C(C)C)S(=O)(=O)c2ccccc2C)c(Cl)c1. The van der Waals surface area contributed by atoms with Gasteiger partial charge in [0.25, 0.3) is 10.0 Å². The number of aryl methyl sites for hydroxylation is 2. The van der Waals surface area contributed by atoms with Crippen molar-refractivity contribution in [3.05, 3.63) is 58.6 Å². The first-order valence-corrected chi connectivity index (χ1v) is 11.0. The van der Waals surface area contributed by atoms with Crippen LogP contribution in [0.3, 0.4) is 0 Å². The zero-order valence-electron chi connectivity index (χ0n) is 16.0.